The van der Waals surface area contributed by atoms with Crippen molar-refractivity contribution in [3.05, 3.63) is 42.0 Å². The molecule has 0 aromatic heterocycles. The fraction of sp³-hybridized carbons (Fsp3) is 0.182. The number of Topliss-reactive ketones (excluding diaryl/α,β-unsaturated/α-hetero) is 1. The maximum Gasteiger partial charge on any atom is 0.166 e. The highest BCUT2D eigenvalue weighted by Gasteiger charge is 2.22. The Kier molecular flexibility index (Phi) is 1.99. The molecule has 0 fully saturated rings. The van der Waals surface area contributed by atoms with Crippen LogP contribution in [0.4, 0.5) is 0 Å². The summed E-state index contributed by atoms with van der Waals surface area (Å²) in [5.41, 5.74) is 1.54. The first-order valence-electron chi connectivity index (χ1n) is 4.26. The molecule has 0 amide bonds. The molecule has 13 heavy (non-hydrogen) atoms. The summed E-state index contributed by atoms with van der Waals surface area (Å²) >= 11 is 0. The molecule has 1 aliphatic rings. The number of aliphatic hydroxyl groups is 1. The van der Waals surface area contributed by atoms with Crippen molar-refractivity contribution < 1.29 is 9.90 Å². The van der Waals surface area contributed by atoms with Gasteiger partial charge in [0.25, 0.3) is 0 Å². The highest BCUT2D eigenvalue weighted by molar-refractivity contribution is 6.23. The summed E-state index contributed by atoms with van der Waals surface area (Å²) in [4.78, 5) is 11.4. The number of allylic oxidation sites excluding steroid dienone is 1. The van der Waals surface area contributed by atoms with Crippen LogP contribution < -0.4 is 0 Å². The molecule has 0 saturated carbocycles. The Morgan fingerprint density at radius 2 is 1.92 bits per heavy atom. The molecule has 1 aliphatic carbocycles. The van der Waals surface area contributed by atoms with Crippen LogP contribution in [-0.2, 0) is 4.79 Å². The number of carbonyl (C=O) groups is 1. The van der Waals surface area contributed by atoms with Crippen molar-refractivity contribution in [2.45, 2.75) is 12.5 Å². The summed E-state index contributed by atoms with van der Waals surface area (Å²) < 4.78 is 0. The van der Waals surface area contributed by atoms with Gasteiger partial charge in [0.15, 0.2) is 5.78 Å². The maximum absolute atomic E-state index is 11.4. The second-order valence-corrected chi connectivity index (χ2v) is 3.14. The Morgan fingerprint density at radius 1 is 1.23 bits per heavy atom. The molecule has 0 saturated heterocycles. The van der Waals surface area contributed by atoms with Crippen molar-refractivity contribution in [2.75, 3.05) is 0 Å². The Bertz CT molecular complexity index is 352. The maximum atomic E-state index is 11.4. The minimum atomic E-state index is -0.595. The highest BCUT2D eigenvalue weighted by atomic mass is 16.3. The monoisotopic (exact) mass is 174 g/mol. The average molecular weight is 174 g/mol. The van der Waals surface area contributed by atoms with Crippen molar-refractivity contribution in [1.29, 1.82) is 0 Å². The lowest BCUT2D eigenvalue weighted by Gasteiger charge is -1.98. The lowest BCUT2D eigenvalue weighted by atomic mass is 10.1. The van der Waals surface area contributed by atoms with E-state index in [0.29, 0.717) is 5.57 Å². The molecule has 1 N–H and O–H groups in total. The lowest BCUT2D eigenvalue weighted by Crippen LogP contribution is -2.00. The summed E-state index contributed by atoms with van der Waals surface area (Å²) in [6, 6.07) is 9.42. The Balaban J connectivity index is 2.37. The van der Waals surface area contributed by atoms with E-state index >= 15 is 0 Å². The second kappa shape index (κ2) is 3.15. The molecule has 1 atom stereocenters. The summed E-state index contributed by atoms with van der Waals surface area (Å²) in [5, 5.41) is 9.23. The van der Waals surface area contributed by atoms with Gasteiger partial charge in [0.1, 0.15) is 0 Å². The second-order valence-electron chi connectivity index (χ2n) is 3.14. The van der Waals surface area contributed by atoms with Gasteiger partial charge in [-0.2, -0.15) is 0 Å². The van der Waals surface area contributed by atoms with Crippen LogP contribution in [0.2, 0.25) is 0 Å². The summed E-state index contributed by atoms with van der Waals surface area (Å²) in [6.07, 6.45) is 1.25. The van der Waals surface area contributed by atoms with Crippen LogP contribution >= 0.6 is 0 Å². The highest BCUT2D eigenvalue weighted by Crippen LogP contribution is 2.24. The summed E-state index contributed by atoms with van der Waals surface area (Å²) in [7, 11) is 0. The third-order valence-electron chi connectivity index (χ3n) is 2.14. The molecule has 2 heteroatoms. The van der Waals surface area contributed by atoms with Gasteiger partial charge in [-0.15, -0.1) is 0 Å². The number of aliphatic hydroxyl groups excluding tert-OH is 1. The zero-order chi connectivity index (χ0) is 9.26. The number of hydrogen-bond acceptors (Lipinski definition) is 2. The summed E-state index contributed by atoms with van der Waals surface area (Å²) in [5.74, 6) is 0.0266. The minimum absolute atomic E-state index is 0.0266. The van der Waals surface area contributed by atoms with Gasteiger partial charge in [0.05, 0.1) is 6.10 Å². The predicted octanol–water partition coefficient (Wildman–Crippen LogP) is 1.40. The molecule has 0 bridgehead atoms. The molecule has 66 valence electrons. The average Bonchev–Trinajstić information content (AvgIpc) is 2.47. The molecule has 1 aromatic rings. The Labute approximate surface area is 76.5 Å². The first kappa shape index (κ1) is 8.20. The van der Waals surface area contributed by atoms with E-state index in [1.165, 1.54) is 0 Å². The molecule has 0 unspecified atom stereocenters. The van der Waals surface area contributed by atoms with E-state index in [-0.39, 0.29) is 12.2 Å². The van der Waals surface area contributed by atoms with Crippen molar-refractivity contribution >= 4 is 11.4 Å². The third kappa shape index (κ3) is 1.53. The van der Waals surface area contributed by atoms with Gasteiger partial charge >= 0.3 is 0 Å². The van der Waals surface area contributed by atoms with E-state index in [2.05, 4.69) is 0 Å². The van der Waals surface area contributed by atoms with Gasteiger partial charge in [-0.25, -0.2) is 0 Å². The van der Waals surface area contributed by atoms with Crippen LogP contribution in [0.3, 0.4) is 0 Å². The van der Waals surface area contributed by atoms with Crippen LogP contribution in [0.1, 0.15) is 12.0 Å². The quantitative estimate of drug-likeness (QED) is 0.698. The van der Waals surface area contributed by atoms with Crippen molar-refractivity contribution in [1.82, 2.24) is 0 Å². The third-order valence-corrected chi connectivity index (χ3v) is 2.14. The zero-order valence-electron chi connectivity index (χ0n) is 7.10. The molecule has 2 rings (SSSR count). The molecule has 0 heterocycles. The van der Waals surface area contributed by atoms with Gasteiger partial charge in [0.2, 0.25) is 0 Å². The Hall–Kier alpha value is -1.41. The molecule has 0 radical (unpaired) electrons. The largest absolute Gasteiger partial charge is 0.389 e. The number of rotatable bonds is 1. The zero-order valence-corrected chi connectivity index (χ0v) is 7.10. The first-order valence-corrected chi connectivity index (χ1v) is 4.26. The van der Waals surface area contributed by atoms with Crippen LogP contribution in [0.5, 0.6) is 0 Å². The van der Waals surface area contributed by atoms with Gasteiger partial charge in [-0.1, -0.05) is 30.3 Å². The van der Waals surface area contributed by atoms with E-state index in [1.807, 2.05) is 30.3 Å². The van der Waals surface area contributed by atoms with E-state index < -0.39 is 6.10 Å². The SMILES string of the molecule is O=C1C[C@@H](O)C=C1c1ccccc1. The fourth-order valence-corrected chi connectivity index (χ4v) is 1.52. The normalized spacial score (nSPS) is 21.8. The van der Waals surface area contributed by atoms with Gasteiger partial charge in [-0.3, -0.25) is 4.79 Å². The number of carbonyl (C=O) groups excluding carboxylic acids is 1. The molecule has 0 spiro atoms. The predicted molar refractivity (Wildman–Crippen MR) is 50.0 cm³/mol. The van der Waals surface area contributed by atoms with Crippen LogP contribution in [0.15, 0.2) is 36.4 Å². The Morgan fingerprint density at radius 3 is 2.46 bits per heavy atom. The van der Waals surface area contributed by atoms with Crippen molar-refractivity contribution in [2.24, 2.45) is 0 Å². The molecule has 1 aromatic carbocycles. The number of ketones is 1. The molecule has 2 nitrogen and oxygen atoms in total. The van der Waals surface area contributed by atoms with Crippen molar-refractivity contribution in [3.8, 4) is 0 Å². The van der Waals surface area contributed by atoms with E-state index in [9.17, 15) is 9.90 Å². The van der Waals surface area contributed by atoms with Gasteiger partial charge < -0.3 is 5.11 Å². The van der Waals surface area contributed by atoms with E-state index in [1.54, 1.807) is 6.08 Å². The fourth-order valence-electron chi connectivity index (χ4n) is 1.52. The van der Waals surface area contributed by atoms with E-state index in [4.69, 9.17) is 0 Å². The summed E-state index contributed by atoms with van der Waals surface area (Å²) in [6.45, 7) is 0. The van der Waals surface area contributed by atoms with Crippen LogP contribution in [0, 0.1) is 0 Å². The smallest absolute Gasteiger partial charge is 0.166 e. The van der Waals surface area contributed by atoms with Crippen molar-refractivity contribution in [3.63, 3.8) is 0 Å². The standard InChI is InChI=1S/C11H10O2/c12-9-6-10(11(13)7-9)8-4-2-1-3-5-8/h1-6,9,12H,7H2/t9-/m0/s1. The van der Waals surface area contributed by atoms with Crippen LogP contribution in [0.25, 0.3) is 5.57 Å². The topological polar surface area (TPSA) is 37.3 Å². The minimum Gasteiger partial charge on any atom is -0.389 e. The van der Waals surface area contributed by atoms with Gasteiger partial charge in [0, 0.05) is 12.0 Å². The molecular weight excluding hydrogens is 164 g/mol. The molecule has 0 aliphatic heterocycles. The lowest BCUT2D eigenvalue weighted by molar-refractivity contribution is -0.114. The van der Waals surface area contributed by atoms with E-state index in [0.717, 1.165) is 5.56 Å². The number of hydrogen-bond donors (Lipinski definition) is 1. The number of benzene rings is 1. The first-order chi connectivity index (χ1) is 6.27. The molecular formula is C11H10O2. The van der Waals surface area contributed by atoms with Gasteiger partial charge in [-0.05, 0) is 11.6 Å². The van der Waals surface area contributed by atoms with Crippen LogP contribution in [-0.4, -0.2) is 17.0 Å².